The van der Waals surface area contributed by atoms with Crippen LogP contribution >= 0.6 is 15.9 Å². The minimum absolute atomic E-state index is 0.00951. The molecule has 2 aliphatic heterocycles. The lowest BCUT2D eigenvalue weighted by Crippen LogP contribution is -2.56. The van der Waals surface area contributed by atoms with E-state index in [9.17, 15) is 18.0 Å². The number of amides is 1. The van der Waals surface area contributed by atoms with Crippen molar-refractivity contribution in [2.75, 3.05) is 39.3 Å². The zero-order valence-electron chi connectivity index (χ0n) is 15.4. The van der Waals surface area contributed by atoms with Crippen LogP contribution < -0.4 is 0 Å². The molecular weight excluding hydrogens is 423 g/mol. The number of hydrogen-bond donors (Lipinski definition) is 0. The van der Waals surface area contributed by atoms with Gasteiger partial charge in [-0.1, -0.05) is 28.9 Å². The number of rotatable bonds is 4. The monoisotopic (exact) mass is 447 g/mol. The molecule has 0 spiro atoms. The van der Waals surface area contributed by atoms with Gasteiger partial charge in [0.1, 0.15) is 6.04 Å². The molecule has 3 rings (SSSR count). The van der Waals surface area contributed by atoms with Crippen molar-refractivity contribution in [1.82, 2.24) is 14.7 Å². The van der Waals surface area contributed by atoms with E-state index in [1.54, 1.807) is 11.8 Å². The average molecular weight is 448 g/mol. The Bertz CT molecular complexity index is 675. The second-order valence-electron chi connectivity index (χ2n) is 7.26. The van der Waals surface area contributed by atoms with Crippen molar-refractivity contribution < 1.29 is 18.0 Å². The maximum Gasteiger partial charge on any atom is 0.404 e. The molecule has 0 radical (unpaired) electrons. The van der Waals surface area contributed by atoms with Crippen molar-refractivity contribution in [3.05, 3.63) is 33.8 Å². The fourth-order valence-electron chi connectivity index (χ4n) is 3.99. The second-order valence-corrected chi connectivity index (χ2v) is 8.17. The van der Waals surface area contributed by atoms with E-state index in [4.69, 9.17) is 0 Å². The number of carbonyl (C=O) groups is 1. The minimum atomic E-state index is -4.21. The van der Waals surface area contributed by atoms with E-state index >= 15 is 0 Å². The number of piperazine rings is 1. The summed E-state index contributed by atoms with van der Waals surface area (Å²) in [5.41, 5.74) is 2.54. The van der Waals surface area contributed by atoms with Crippen LogP contribution in [0.15, 0.2) is 22.7 Å². The number of hydrogen-bond acceptors (Lipinski definition) is 3. The molecule has 4 nitrogen and oxygen atoms in total. The largest absolute Gasteiger partial charge is 0.404 e. The molecule has 1 amide bonds. The summed E-state index contributed by atoms with van der Waals surface area (Å²) in [6.45, 7) is 4.72. The summed E-state index contributed by atoms with van der Waals surface area (Å²) in [5, 5.41) is 0. The molecule has 2 aliphatic rings. The maximum absolute atomic E-state index is 13.1. The lowest BCUT2D eigenvalue weighted by molar-refractivity contribution is -0.188. The number of fused-ring (bicyclic) bond motifs is 1. The van der Waals surface area contributed by atoms with Crippen LogP contribution in [0.2, 0.25) is 0 Å². The van der Waals surface area contributed by atoms with E-state index in [2.05, 4.69) is 33.0 Å². The summed E-state index contributed by atoms with van der Waals surface area (Å²) < 4.78 is 40.3. The molecule has 150 valence electrons. The van der Waals surface area contributed by atoms with E-state index in [1.165, 1.54) is 16.0 Å². The molecule has 2 heterocycles. The zero-order valence-corrected chi connectivity index (χ0v) is 17.0. The molecule has 0 bridgehead atoms. The lowest BCUT2D eigenvalue weighted by Gasteiger charge is -2.40. The average Bonchev–Trinajstić information content (AvgIpc) is 2.62. The van der Waals surface area contributed by atoms with E-state index in [1.807, 2.05) is 6.07 Å². The highest BCUT2D eigenvalue weighted by Crippen LogP contribution is 2.28. The predicted octanol–water partition coefficient (Wildman–Crippen LogP) is 3.29. The smallest absolute Gasteiger partial charge is 0.339 e. The van der Waals surface area contributed by atoms with Gasteiger partial charge in [-0.3, -0.25) is 14.6 Å². The van der Waals surface area contributed by atoms with Gasteiger partial charge in [-0.15, -0.1) is 0 Å². The van der Waals surface area contributed by atoms with Crippen LogP contribution in [-0.2, 0) is 17.8 Å². The molecule has 0 saturated carbocycles. The molecule has 1 aromatic carbocycles. The van der Waals surface area contributed by atoms with Crippen LogP contribution in [0.3, 0.4) is 0 Å². The highest BCUT2D eigenvalue weighted by atomic mass is 79.9. The Morgan fingerprint density at radius 1 is 1.15 bits per heavy atom. The first-order valence-electron chi connectivity index (χ1n) is 9.36. The molecule has 1 unspecified atom stereocenters. The SMILES string of the molecule is CCC(N1CCN(C(=O)CN2CCc3cc(Br)ccc3C2)CC1)C(F)(F)F. The fraction of sp³-hybridized carbons (Fsp3) is 0.632. The van der Waals surface area contributed by atoms with Crippen LogP contribution in [-0.4, -0.2) is 72.1 Å². The van der Waals surface area contributed by atoms with Gasteiger partial charge in [0.05, 0.1) is 6.54 Å². The van der Waals surface area contributed by atoms with E-state index in [0.29, 0.717) is 19.6 Å². The molecule has 1 atom stereocenters. The van der Waals surface area contributed by atoms with Gasteiger partial charge < -0.3 is 4.90 Å². The van der Waals surface area contributed by atoms with Gasteiger partial charge in [-0.25, -0.2) is 0 Å². The van der Waals surface area contributed by atoms with Gasteiger partial charge >= 0.3 is 6.18 Å². The summed E-state index contributed by atoms with van der Waals surface area (Å²) in [5.74, 6) is 0.00951. The topological polar surface area (TPSA) is 26.8 Å². The highest BCUT2D eigenvalue weighted by molar-refractivity contribution is 9.10. The summed E-state index contributed by atoms with van der Waals surface area (Å²) >= 11 is 3.48. The summed E-state index contributed by atoms with van der Waals surface area (Å²) in [6, 6.07) is 4.80. The van der Waals surface area contributed by atoms with Crippen LogP contribution in [0, 0.1) is 0 Å². The Labute approximate surface area is 166 Å². The van der Waals surface area contributed by atoms with Gasteiger partial charge in [-0.2, -0.15) is 13.2 Å². The zero-order chi connectivity index (χ0) is 19.6. The first-order chi connectivity index (χ1) is 12.8. The molecule has 1 fully saturated rings. The second kappa shape index (κ2) is 8.49. The predicted molar refractivity (Wildman–Crippen MR) is 101 cm³/mol. The maximum atomic E-state index is 13.1. The van der Waals surface area contributed by atoms with Gasteiger partial charge in [0.2, 0.25) is 5.91 Å². The van der Waals surface area contributed by atoms with Crippen LogP contribution in [0.4, 0.5) is 13.2 Å². The molecule has 0 N–H and O–H groups in total. The van der Waals surface area contributed by atoms with Crippen molar-refractivity contribution in [2.24, 2.45) is 0 Å². The van der Waals surface area contributed by atoms with E-state index in [0.717, 1.165) is 24.0 Å². The Hall–Kier alpha value is -1.12. The normalized spacial score (nSPS) is 20.4. The first kappa shape index (κ1) is 20.6. The molecule has 0 aliphatic carbocycles. The Morgan fingerprint density at radius 3 is 2.48 bits per heavy atom. The van der Waals surface area contributed by atoms with Crippen molar-refractivity contribution in [3.63, 3.8) is 0 Å². The standard InChI is InChI=1S/C19H25BrF3N3O/c1-2-17(19(21,22)23)25-7-9-26(10-8-25)18(27)13-24-6-5-14-11-16(20)4-3-15(14)12-24/h3-4,11,17H,2,5-10,12-13H2,1H3. The number of alkyl halides is 3. The number of carbonyl (C=O) groups excluding carboxylic acids is 1. The van der Waals surface area contributed by atoms with E-state index < -0.39 is 12.2 Å². The van der Waals surface area contributed by atoms with Crippen molar-refractivity contribution in [2.45, 2.75) is 38.5 Å². The van der Waals surface area contributed by atoms with Crippen molar-refractivity contribution in [1.29, 1.82) is 0 Å². The van der Waals surface area contributed by atoms with Gasteiger partial charge in [0, 0.05) is 43.7 Å². The summed E-state index contributed by atoms with van der Waals surface area (Å²) in [7, 11) is 0. The molecular formula is C19H25BrF3N3O. The third-order valence-corrected chi connectivity index (χ3v) is 5.98. The Balaban J connectivity index is 1.51. The van der Waals surface area contributed by atoms with Crippen LogP contribution in [0.25, 0.3) is 0 Å². The quantitative estimate of drug-likeness (QED) is 0.708. The number of benzene rings is 1. The van der Waals surface area contributed by atoms with Gasteiger partial charge in [-0.05, 0) is 36.1 Å². The molecule has 1 saturated heterocycles. The summed E-state index contributed by atoms with van der Waals surface area (Å²) in [4.78, 5) is 17.9. The van der Waals surface area contributed by atoms with Crippen molar-refractivity contribution in [3.8, 4) is 0 Å². The van der Waals surface area contributed by atoms with Crippen molar-refractivity contribution >= 4 is 21.8 Å². The first-order valence-corrected chi connectivity index (χ1v) is 10.2. The number of halogens is 4. The lowest BCUT2D eigenvalue weighted by atomic mass is 10.00. The Morgan fingerprint density at radius 2 is 1.85 bits per heavy atom. The molecule has 1 aromatic rings. The molecule has 27 heavy (non-hydrogen) atoms. The van der Waals surface area contributed by atoms with Crippen LogP contribution in [0.5, 0.6) is 0 Å². The fourth-order valence-corrected chi connectivity index (χ4v) is 4.39. The minimum Gasteiger partial charge on any atom is -0.339 e. The van der Waals surface area contributed by atoms with Gasteiger partial charge in [0.15, 0.2) is 0 Å². The van der Waals surface area contributed by atoms with Crippen LogP contribution in [0.1, 0.15) is 24.5 Å². The molecule has 0 aromatic heterocycles. The van der Waals surface area contributed by atoms with E-state index in [-0.39, 0.29) is 25.4 Å². The molecule has 8 heteroatoms. The Kier molecular flexibility index (Phi) is 6.48. The third-order valence-electron chi connectivity index (χ3n) is 5.49. The number of nitrogens with zero attached hydrogens (tertiary/aromatic N) is 3. The summed E-state index contributed by atoms with van der Waals surface area (Å²) in [6.07, 6.45) is -3.27. The third kappa shape index (κ3) is 5.03. The highest BCUT2D eigenvalue weighted by Gasteiger charge is 2.43. The van der Waals surface area contributed by atoms with Gasteiger partial charge in [0.25, 0.3) is 0 Å².